The summed E-state index contributed by atoms with van der Waals surface area (Å²) in [5.74, 6) is -2.78. The Morgan fingerprint density at radius 2 is 1.95 bits per heavy atom. The second-order valence-corrected chi connectivity index (χ2v) is 11.8. The summed E-state index contributed by atoms with van der Waals surface area (Å²) in [6.45, 7) is 6.23. The third-order valence-corrected chi connectivity index (χ3v) is 8.39. The molecule has 42 heavy (non-hydrogen) atoms. The quantitative estimate of drug-likeness (QED) is 0.244. The third-order valence-electron chi connectivity index (χ3n) is 8.09. The average molecular weight is 600 g/mol. The lowest BCUT2D eigenvalue weighted by molar-refractivity contribution is 0.0118. The Labute approximate surface area is 247 Å². The number of likely N-dealkylation sites (tertiary alicyclic amines) is 1. The molecule has 1 aromatic heterocycles. The van der Waals surface area contributed by atoms with E-state index in [2.05, 4.69) is 29.0 Å². The number of ether oxygens (including phenoxy) is 1. The lowest BCUT2D eigenvalue weighted by atomic mass is 9.96. The minimum atomic E-state index is -2.65. The molecule has 11 heteroatoms. The highest BCUT2D eigenvalue weighted by Crippen LogP contribution is 2.42. The van der Waals surface area contributed by atoms with Crippen molar-refractivity contribution < 1.29 is 23.0 Å². The number of halogens is 4. The Kier molecular flexibility index (Phi) is 7.80. The number of fused-ring (bicyclic) bond motifs is 2. The zero-order valence-electron chi connectivity index (χ0n) is 23.5. The summed E-state index contributed by atoms with van der Waals surface area (Å²) in [6.07, 6.45) is 0.364. The summed E-state index contributed by atoms with van der Waals surface area (Å²) >= 11 is 6.80. The normalized spacial score (nSPS) is 21.0. The Bertz CT molecular complexity index is 1640. The van der Waals surface area contributed by atoms with Crippen molar-refractivity contribution in [3.63, 3.8) is 0 Å². The van der Waals surface area contributed by atoms with Crippen molar-refractivity contribution >= 4 is 39.1 Å². The highest BCUT2D eigenvalue weighted by Gasteiger charge is 2.37. The fourth-order valence-corrected chi connectivity index (χ4v) is 6.25. The van der Waals surface area contributed by atoms with Gasteiger partial charge in [-0.15, -0.1) is 0 Å². The number of phenolic OH excluding ortho intramolecular Hbond substituents is 1. The SMILES string of the molecule is CC1CN(c2nc(OCCCN3CCC(F)(F)C3)nc3c(F)c(-c4cc(O)cc5ccccc45)c(Cl)cc23)C(C)CN1. The molecule has 2 aliphatic rings. The molecule has 222 valence electrons. The molecule has 2 N–H and O–H groups in total. The summed E-state index contributed by atoms with van der Waals surface area (Å²) in [5, 5.41) is 16.0. The Morgan fingerprint density at radius 3 is 2.74 bits per heavy atom. The number of piperazine rings is 1. The Balaban J connectivity index is 1.41. The number of anilines is 1. The fraction of sp³-hybridized carbons (Fsp3) is 0.419. The van der Waals surface area contributed by atoms with Gasteiger partial charge >= 0.3 is 6.01 Å². The largest absolute Gasteiger partial charge is 0.508 e. The van der Waals surface area contributed by atoms with E-state index in [9.17, 15) is 13.9 Å². The molecule has 7 nitrogen and oxygen atoms in total. The molecule has 0 saturated carbocycles. The third kappa shape index (κ3) is 5.67. The van der Waals surface area contributed by atoms with Gasteiger partial charge in [-0.2, -0.15) is 9.97 Å². The molecular formula is C31H33ClF3N5O2. The van der Waals surface area contributed by atoms with Gasteiger partial charge in [0, 0.05) is 55.6 Å². The number of benzene rings is 3. The number of nitrogens with zero attached hydrogens (tertiary/aromatic N) is 4. The van der Waals surface area contributed by atoms with Crippen LogP contribution < -0.4 is 15.0 Å². The van der Waals surface area contributed by atoms with E-state index in [4.69, 9.17) is 21.3 Å². The standard InChI is InChI=1S/C31H33ClF3N5O2/c1-18-16-40(19(2)15-36-18)29-24-14-25(32)26(23-13-21(41)12-20-6-3-4-7-22(20)23)27(33)28(24)37-30(38-29)42-11-5-9-39-10-8-31(34,35)17-39/h3-4,6-7,12-14,18-19,36,41H,5,8-11,15-17H2,1-2H3. The molecule has 2 atom stereocenters. The van der Waals surface area contributed by atoms with Crippen LogP contribution in [0.2, 0.25) is 5.02 Å². The maximum absolute atomic E-state index is 16.6. The molecule has 4 aromatic rings. The number of nitrogens with one attached hydrogen (secondary N) is 1. The van der Waals surface area contributed by atoms with Gasteiger partial charge in [-0.05, 0) is 54.8 Å². The van der Waals surface area contributed by atoms with Gasteiger partial charge in [0.05, 0.1) is 18.2 Å². The monoisotopic (exact) mass is 599 g/mol. The van der Waals surface area contributed by atoms with Crippen LogP contribution in [0, 0.1) is 5.82 Å². The minimum Gasteiger partial charge on any atom is -0.508 e. The van der Waals surface area contributed by atoms with Crippen LogP contribution in [0.15, 0.2) is 42.5 Å². The van der Waals surface area contributed by atoms with Crippen LogP contribution in [0.5, 0.6) is 11.8 Å². The topological polar surface area (TPSA) is 73.8 Å². The maximum Gasteiger partial charge on any atom is 0.319 e. The summed E-state index contributed by atoms with van der Waals surface area (Å²) in [4.78, 5) is 13.0. The molecule has 0 radical (unpaired) electrons. The number of rotatable bonds is 7. The van der Waals surface area contributed by atoms with Crippen molar-refractivity contribution in [2.24, 2.45) is 0 Å². The van der Waals surface area contributed by atoms with Crippen molar-refractivity contribution in [2.75, 3.05) is 44.2 Å². The molecule has 2 fully saturated rings. The van der Waals surface area contributed by atoms with Crippen molar-refractivity contribution in [1.82, 2.24) is 20.2 Å². The molecular weight excluding hydrogens is 567 g/mol. The van der Waals surface area contributed by atoms with Crippen molar-refractivity contribution in [3.05, 3.63) is 53.3 Å². The van der Waals surface area contributed by atoms with Gasteiger partial charge < -0.3 is 20.1 Å². The van der Waals surface area contributed by atoms with Crippen LogP contribution in [-0.4, -0.2) is 77.3 Å². The highest BCUT2D eigenvalue weighted by atomic mass is 35.5. The van der Waals surface area contributed by atoms with Crippen molar-refractivity contribution in [2.45, 2.75) is 44.7 Å². The predicted molar refractivity (Wildman–Crippen MR) is 160 cm³/mol. The van der Waals surface area contributed by atoms with E-state index < -0.39 is 11.7 Å². The van der Waals surface area contributed by atoms with Crippen LogP contribution >= 0.6 is 11.6 Å². The Hall–Kier alpha value is -3.34. The van der Waals surface area contributed by atoms with Gasteiger partial charge in [-0.3, -0.25) is 4.90 Å². The molecule has 2 unspecified atom stereocenters. The number of aromatic nitrogens is 2. The maximum atomic E-state index is 16.6. The second kappa shape index (κ2) is 11.4. The highest BCUT2D eigenvalue weighted by molar-refractivity contribution is 6.35. The molecule has 2 saturated heterocycles. The smallest absolute Gasteiger partial charge is 0.319 e. The van der Waals surface area contributed by atoms with Crippen molar-refractivity contribution in [1.29, 1.82) is 0 Å². The van der Waals surface area contributed by atoms with Gasteiger partial charge in [-0.25, -0.2) is 13.2 Å². The molecule has 6 rings (SSSR count). The molecule has 3 aromatic carbocycles. The second-order valence-electron chi connectivity index (χ2n) is 11.4. The lowest BCUT2D eigenvalue weighted by Crippen LogP contribution is -2.54. The van der Waals surface area contributed by atoms with Gasteiger partial charge in [0.15, 0.2) is 5.82 Å². The number of alkyl halides is 2. The van der Waals surface area contributed by atoms with E-state index in [1.807, 2.05) is 24.3 Å². The van der Waals surface area contributed by atoms with Crippen LogP contribution in [0.25, 0.3) is 32.8 Å². The average Bonchev–Trinajstić information content (AvgIpc) is 3.30. The van der Waals surface area contributed by atoms with E-state index in [0.29, 0.717) is 49.4 Å². The molecule has 0 aliphatic carbocycles. The first-order chi connectivity index (χ1) is 20.1. The van der Waals surface area contributed by atoms with Crippen LogP contribution in [-0.2, 0) is 0 Å². The van der Waals surface area contributed by atoms with Crippen LogP contribution in [0.1, 0.15) is 26.7 Å². The summed E-state index contributed by atoms with van der Waals surface area (Å²) in [6, 6.07) is 12.4. The summed E-state index contributed by atoms with van der Waals surface area (Å²) in [5.41, 5.74) is 0.632. The molecule has 3 heterocycles. The first kappa shape index (κ1) is 28.8. The number of aromatic hydroxyl groups is 1. The Morgan fingerprint density at radius 1 is 1.14 bits per heavy atom. The molecule has 0 spiro atoms. The first-order valence-electron chi connectivity index (χ1n) is 14.2. The van der Waals surface area contributed by atoms with Gasteiger partial charge in [0.2, 0.25) is 0 Å². The van der Waals surface area contributed by atoms with Crippen molar-refractivity contribution in [3.8, 4) is 22.9 Å². The summed E-state index contributed by atoms with van der Waals surface area (Å²) < 4.78 is 49.7. The van der Waals surface area contributed by atoms with E-state index in [1.165, 1.54) is 6.07 Å². The van der Waals surface area contributed by atoms with E-state index in [0.717, 1.165) is 10.8 Å². The van der Waals surface area contributed by atoms with Gasteiger partial charge in [-0.1, -0.05) is 35.9 Å². The molecule has 2 aliphatic heterocycles. The van der Waals surface area contributed by atoms with E-state index in [-0.39, 0.29) is 59.5 Å². The lowest BCUT2D eigenvalue weighted by Gasteiger charge is -2.39. The molecule has 0 bridgehead atoms. The minimum absolute atomic E-state index is 0.00828. The predicted octanol–water partition coefficient (Wildman–Crippen LogP) is 6.24. The zero-order valence-corrected chi connectivity index (χ0v) is 24.3. The van der Waals surface area contributed by atoms with E-state index >= 15 is 4.39 Å². The van der Waals surface area contributed by atoms with Crippen LogP contribution in [0.4, 0.5) is 19.0 Å². The zero-order chi connectivity index (χ0) is 29.6. The first-order valence-corrected chi connectivity index (χ1v) is 14.6. The van der Waals surface area contributed by atoms with E-state index in [1.54, 1.807) is 17.0 Å². The number of hydrogen-bond donors (Lipinski definition) is 2. The fourth-order valence-electron chi connectivity index (χ4n) is 5.96. The molecule has 0 amide bonds. The number of hydrogen-bond acceptors (Lipinski definition) is 7. The van der Waals surface area contributed by atoms with Gasteiger partial charge in [0.25, 0.3) is 5.92 Å². The number of phenols is 1. The summed E-state index contributed by atoms with van der Waals surface area (Å²) in [7, 11) is 0. The van der Waals surface area contributed by atoms with Crippen LogP contribution in [0.3, 0.4) is 0 Å². The van der Waals surface area contributed by atoms with Gasteiger partial charge in [0.1, 0.15) is 17.1 Å².